The molecule has 0 bridgehead atoms. The highest BCUT2D eigenvalue weighted by Crippen LogP contribution is 2.30. The normalized spacial score (nSPS) is 14.2. The number of rotatable bonds is 7. The Balaban J connectivity index is 0.000000210. The van der Waals surface area contributed by atoms with Gasteiger partial charge in [0.2, 0.25) is 5.91 Å². The summed E-state index contributed by atoms with van der Waals surface area (Å²) in [5, 5.41) is 2.23. The third kappa shape index (κ3) is 9.68. The number of nitrogens with one attached hydrogen (secondary N) is 1. The van der Waals surface area contributed by atoms with Gasteiger partial charge in [0.1, 0.15) is 11.6 Å². The SMILES string of the molecule is C.CC(C)(C)C(=O)Nc1cc(F)c(F)c(C(=O)c2ccc3ncc(N4CCOCC4)nc3c2)c1F.Nc1cc(F)c(F)c(C(=O)c2ccc3ncc(N4CCOCC4)nc3c2)c1F. The van der Waals surface area contributed by atoms with Crippen LogP contribution in [0, 0.1) is 40.3 Å². The van der Waals surface area contributed by atoms with Gasteiger partial charge in [-0.2, -0.15) is 0 Å². The second-order valence-electron chi connectivity index (χ2n) is 15.3. The zero-order chi connectivity index (χ0) is 44.5. The molecule has 63 heavy (non-hydrogen) atoms. The second kappa shape index (κ2) is 18.7. The molecule has 3 N–H and O–H groups in total. The molecule has 0 saturated carbocycles. The van der Waals surface area contributed by atoms with Crippen molar-refractivity contribution in [2.24, 2.45) is 5.41 Å². The lowest BCUT2D eigenvalue weighted by molar-refractivity contribution is -0.123. The van der Waals surface area contributed by atoms with E-state index in [4.69, 9.17) is 15.2 Å². The molecule has 0 radical (unpaired) electrons. The highest BCUT2D eigenvalue weighted by molar-refractivity contribution is 6.12. The Morgan fingerprint density at radius 2 is 1.05 bits per heavy atom. The van der Waals surface area contributed by atoms with Crippen molar-refractivity contribution in [1.29, 1.82) is 0 Å². The van der Waals surface area contributed by atoms with Crippen molar-refractivity contribution in [3.05, 3.63) is 118 Å². The minimum atomic E-state index is -1.63. The van der Waals surface area contributed by atoms with E-state index in [2.05, 4.69) is 25.3 Å². The fourth-order valence-corrected chi connectivity index (χ4v) is 6.49. The number of benzene rings is 4. The largest absolute Gasteiger partial charge is 0.396 e. The van der Waals surface area contributed by atoms with Crippen molar-refractivity contribution in [3.63, 3.8) is 0 Å². The van der Waals surface area contributed by atoms with Crippen LogP contribution in [0.2, 0.25) is 0 Å². The topological polar surface area (TPSA) is 166 Å². The summed E-state index contributed by atoms with van der Waals surface area (Å²) in [6.45, 7) is 9.51. The minimum absolute atomic E-state index is 0. The van der Waals surface area contributed by atoms with Crippen LogP contribution in [-0.2, 0) is 14.3 Å². The fraction of sp³-hybridized carbons (Fsp3) is 0.295. The van der Waals surface area contributed by atoms with Gasteiger partial charge in [-0.3, -0.25) is 24.4 Å². The van der Waals surface area contributed by atoms with Crippen LogP contribution in [0.15, 0.2) is 60.9 Å². The van der Waals surface area contributed by atoms with Crippen molar-refractivity contribution >= 4 is 62.6 Å². The van der Waals surface area contributed by atoms with Crippen molar-refractivity contribution in [3.8, 4) is 0 Å². The summed E-state index contributed by atoms with van der Waals surface area (Å²) in [6, 6.07) is 9.44. The maximum absolute atomic E-state index is 15.1. The first-order chi connectivity index (χ1) is 29.5. The van der Waals surface area contributed by atoms with E-state index in [1.54, 1.807) is 33.2 Å². The summed E-state index contributed by atoms with van der Waals surface area (Å²) in [4.78, 5) is 59.6. The first-order valence-corrected chi connectivity index (χ1v) is 19.2. The van der Waals surface area contributed by atoms with Crippen LogP contribution in [0.4, 0.5) is 49.4 Å². The molecule has 0 aliphatic carbocycles. The van der Waals surface area contributed by atoms with Crippen molar-refractivity contribution in [2.45, 2.75) is 28.2 Å². The van der Waals surface area contributed by atoms with Gasteiger partial charge in [-0.1, -0.05) is 28.2 Å². The lowest BCUT2D eigenvalue weighted by Crippen LogP contribution is -2.36. The number of hydrogen-bond acceptors (Lipinski definition) is 12. The van der Waals surface area contributed by atoms with Gasteiger partial charge in [-0.05, 0) is 36.4 Å². The first-order valence-electron chi connectivity index (χ1n) is 19.2. The van der Waals surface area contributed by atoms with Crippen LogP contribution in [0.5, 0.6) is 0 Å². The minimum Gasteiger partial charge on any atom is -0.396 e. The smallest absolute Gasteiger partial charge is 0.229 e. The van der Waals surface area contributed by atoms with Crippen LogP contribution in [0.1, 0.15) is 60.0 Å². The number of amides is 1. The molecule has 1 amide bonds. The van der Waals surface area contributed by atoms with Crippen LogP contribution in [0.25, 0.3) is 22.1 Å². The van der Waals surface area contributed by atoms with Gasteiger partial charge in [0.25, 0.3) is 0 Å². The Hall–Kier alpha value is -6.73. The molecule has 2 saturated heterocycles. The average molecular weight is 877 g/mol. The highest BCUT2D eigenvalue weighted by Gasteiger charge is 2.30. The Morgan fingerprint density at radius 1 is 0.619 bits per heavy atom. The predicted octanol–water partition coefficient (Wildman–Crippen LogP) is 7.43. The number of fused-ring (bicyclic) bond motifs is 2. The van der Waals surface area contributed by atoms with Gasteiger partial charge >= 0.3 is 0 Å². The van der Waals surface area contributed by atoms with Gasteiger partial charge in [0.15, 0.2) is 46.5 Å². The third-order valence-corrected chi connectivity index (χ3v) is 9.98. The lowest BCUT2D eigenvalue weighted by Gasteiger charge is -2.27. The molecule has 2 aromatic heterocycles. The summed E-state index contributed by atoms with van der Waals surface area (Å²) in [6.07, 6.45) is 3.22. The van der Waals surface area contributed by atoms with E-state index in [0.29, 0.717) is 98.4 Å². The maximum Gasteiger partial charge on any atom is 0.229 e. The fourth-order valence-electron chi connectivity index (χ4n) is 6.49. The molecule has 4 heterocycles. The van der Waals surface area contributed by atoms with Crippen LogP contribution in [-0.4, -0.2) is 90.0 Å². The molecule has 19 heteroatoms. The van der Waals surface area contributed by atoms with E-state index in [0.717, 1.165) is 0 Å². The summed E-state index contributed by atoms with van der Waals surface area (Å²) < 4.78 is 96.5. The lowest BCUT2D eigenvalue weighted by atomic mass is 9.95. The Bertz CT molecular complexity index is 2710. The number of hydrogen-bond donors (Lipinski definition) is 2. The molecule has 0 unspecified atom stereocenters. The molecular formula is C44H42F6N8O5. The molecule has 8 rings (SSSR count). The van der Waals surface area contributed by atoms with Gasteiger partial charge < -0.3 is 30.3 Å². The third-order valence-electron chi connectivity index (χ3n) is 9.98. The number of nitrogens with two attached hydrogens (primary N) is 1. The first kappa shape index (κ1) is 45.8. The van der Waals surface area contributed by atoms with E-state index >= 15 is 4.39 Å². The van der Waals surface area contributed by atoms with E-state index in [1.165, 1.54) is 36.4 Å². The Kier molecular flexibility index (Phi) is 13.6. The standard InChI is InChI=1S/C24H23F3N4O3.C19H15F3N4O2.CH4/c1-24(2,3)23(33)30-17-11-14(25)20(26)19(21(17)27)22(32)13-4-5-15-16(10-13)29-18(12-28-15)31-6-8-34-9-7-31;20-11-8-12(23)18(22)16(17(11)21)19(27)10-1-2-13-14(7-10)25-15(9-24-13)26-3-5-28-6-4-26;/h4-5,10-12H,6-9H2,1-3H3,(H,30,33);1-2,7-9H,3-6,23H2;1H4. The van der Waals surface area contributed by atoms with E-state index in [-0.39, 0.29) is 18.6 Å². The van der Waals surface area contributed by atoms with Gasteiger partial charge in [0, 0.05) is 54.9 Å². The van der Waals surface area contributed by atoms with E-state index < -0.39 is 80.3 Å². The molecule has 2 aliphatic heterocycles. The summed E-state index contributed by atoms with van der Waals surface area (Å²) in [5.74, 6) is -10.2. The number of ketones is 2. The number of anilines is 4. The molecular weight excluding hydrogens is 835 g/mol. The molecule has 4 aromatic carbocycles. The zero-order valence-electron chi connectivity index (χ0n) is 33.5. The van der Waals surface area contributed by atoms with Crippen molar-refractivity contribution < 1.29 is 50.2 Å². The number of carbonyl (C=O) groups excluding carboxylic acids is 3. The van der Waals surface area contributed by atoms with Gasteiger partial charge in [-0.25, -0.2) is 36.3 Å². The Morgan fingerprint density at radius 3 is 1.49 bits per heavy atom. The number of aromatic nitrogens is 4. The highest BCUT2D eigenvalue weighted by atomic mass is 19.2. The molecule has 0 atom stereocenters. The predicted molar refractivity (Wildman–Crippen MR) is 224 cm³/mol. The quantitative estimate of drug-likeness (QED) is 0.0706. The average Bonchev–Trinajstić information content (AvgIpc) is 3.27. The summed E-state index contributed by atoms with van der Waals surface area (Å²) in [5.41, 5.74) is 2.57. The maximum atomic E-state index is 15.1. The number of halogens is 6. The molecule has 2 fully saturated rings. The number of nitrogen functional groups attached to an aromatic ring is 1. The van der Waals surface area contributed by atoms with Crippen molar-refractivity contribution in [2.75, 3.05) is 73.5 Å². The Labute approximate surface area is 357 Å². The van der Waals surface area contributed by atoms with Crippen LogP contribution < -0.4 is 20.9 Å². The van der Waals surface area contributed by atoms with E-state index in [9.17, 15) is 36.3 Å². The molecule has 13 nitrogen and oxygen atoms in total. The van der Waals surface area contributed by atoms with Crippen LogP contribution >= 0.6 is 0 Å². The molecule has 2 aliphatic rings. The van der Waals surface area contributed by atoms with E-state index in [1.807, 2.05) is 9.80 Å². The number of morpholine rings is 2. The zero-order valence-corrected chi connectivity index (χ0v) is 33.5. The van der Waals surface area contributed by atoms with Gasteiger partial charge in [0.05, 0.1) is 83.4 Å². The molecule has 6 aromatic rings. The molecule has 0 spiro atoms. The summed E-state index contributed by atoms with van der Waals surface area (Å²) >= 11 is 0. The van der Waals surface area contributed by atoms with Crippen molar-refractivity contribution in [1.82, 2.24) is 19.9 Å². The molecule has 330 valence electrons. The number of carbonyl (C=O) groups is 3. The second-order valence-corrected chi connectivity index (χ2v) is 15.3. The monoisotopic (exact) mass is 876 g/mol. The summed E-state index contributed by atoms with van der Waals surface area (Å²) in [7, 11) is 0. The van der Waals surface area contributed by atoms with Gasteiger partial charge in [-0.15, -0.1) is 0 Å². The number of ether oxygens (including phenoxy) is 2. The van der Waals surface area contributed by atoms with Crippen LogP contribution in [0.3, 0.4) is 0 Å². The number of nitrogens with zero attached hydrogens (tertiary/aromatic N) is 6.